The van der Waals surface area contributed by atoms with Crippen LogP contribution < -0.4 is 11.1 Å². The van der Waals surface area contributed by atoms with E-state index in [0.717, 1.165) is 46.6 Å². The molecule has 0 fully saturated rings. The highest BCUT2D eigenvalue weighted by Crippen LogP contribution is 2.36. The molecule has 0 bridgehead atoms. The number of carbonyl (C=O) groups is 1. The van der Waals surface area contributed by atoms with Crippen LogP contribution in [0.5, 0.6) is 0 Å². The molecule has 1 atom stereocenters. The smallest absolute Gasteiger partial charge is 0.269 e. The van der Waals surface area contributed by atoms with E-state index in [0.29, 0.717) is 21.6 Å². The molecular weight excluding hydrogens is 402 g/mol. The van der Waals surface area contributed by atoms with E-state index in [1.165, 1.54) is 28.2 Å². The number of fused-ring (bicyclic) bond motifs is 2. The second kappa shape index (κ2) is 7.20. The van der Waals surface area contributed by atoms with Crippen LogP contribution in [0, 0.1) is 5.92 Å². The molecule has 0 spiro atoms. The van der Waals surface area contributed by atoms with Gasteiger partial charge in [0.1, 0.15) is 15.4 Å². The molecule has 29 heavy (non-hydrogen) atoms. The molecule has 146 valence electrons. The largest absolute Gasteiger partial charge is 0.397 e. The molecule has 0 aliphatic heterocycles. The van der Waals surface area contributed by atoms with Gasteiger partial charge in [0, 0.05) is 22.7 Å². The SMILES string of the molecule is CC1CCc2nc3sc(C(=O)Nc4nc(-c5ccccn5)cs4)c(N)c3cc2C1. The lowest BCUT2D eigenvalue weighted by Gasteiger charge is -2.20. The molecule has 4 aromatic rings. The fourth-order valence-corrected chi connectivity index (χ4v) is 5.35. The molecule has 0 saturated carbocycles. The zero-order valence-electron chi connectivity index (χ0n) is 15.8. The van der Waals surface area contributed by atoms with Gasteiger partial charge in [0.2, 0.25) is 0 Å². The maximum Gasteiger partial charge on any atom is 0.269 e. The normalized spacial score (nSPS) is 16.0. The van der Waals surface area contributed by atoms with Crippen molar-refractivity contribution in [2.75, 3.05) is 11.1 Å². The number of anilines is 2. The Morgan fingerprint density at radius 1 is 1.28 bits per heavy atom. The van der Waals surface area contributed by atoms with Gasteiger partial charge in [0.15, 0.2) is 5.13 Å². The van der Waals surface area contributed by atoms with Crippen molar-refractivity contribution in [1.82, 2.24) is 15.0 Å². The molecule has 4 heterocycles. The summed E-state index contributed by atoms with van der Waals surface area (Å²) in [5.41, 5.74) is 10.7. The highest BCUT2D eigenvalue weighted by molar-refractivity contribution is 7.21. The second-order valence-corrected chi connectivity index (χ2v) is 9.20. The van der Waals surface area contributed by atoms with E-state index in [1.807, 2.05) is 23.6 Å². The summed E-state index contributed by atoms with van der Waals surface area (Å²) >= 11 is 2.71. The fraction of sp³-hybridized carbons (Fsp3) is 0.238. The number of nitrogens with two attached hydrogens (primary N) is 1. The number of hydrogen-bond donors (Lipinski definition) is 2. The van der Waals surface area contributed by atoms with Gasteiger partial charge >= 0.3 is 0 Å². The minimum atomic E-state index is -0.251. The van der Waals surface area contributed by atoms with Gasteiger partial charge in [-0.25, -0.2) is 9.97 Å². The molecule has 1 amide bonds. The van der Waals surface area contributed by atoms with Crippen molar-refractivity contribution in [2.45, 2.75) is 26.2 Å². The van der Waals surface area contributed by atoms with Crippen LogP contribution in [-0.2, 0) is 12.8 Å². The van der Waals surface area contributed by atoms with Crippen LogP contribution in [0.4, 0.5) is 10.8 Å². The lowest BCUT2D eigenvalue weighted by atomic mass is 9.87. The number of thiazole rings is 1. The lowest BCUT2D eigenvalue weighted by Crippen LogP contribution is -2.12. The third kappa shape index (κ3) is 3.38. The first kappa shape index (κ1) is 18.2. The Morgan fingerprint density at radius 3 is 3.00 bits per heavy atom. The van der Waals surface area contributed by atoms with Crippen LogP contribution in [0.1, 0.15) is 34.3 Å². The Kier molecular flexibility index (Phi) is 4.52. The first-order valence-electron chi connectivity index (χ1n) is 9.47. The van der Waals surface area contributed by atoms with Gasteiger partial charge < -0.3 is 5.73 Å². The molecule has 6 nitrogen and oxygen atoms in total. The van der Waals surface area contributed by atoms with Crippen LogP contribution in [-0.4, -0.2) is 20.9 Å². The molecule has 8 heteroatoms. The van der Waals surface area contributed by atoms with E-state index in [2.05, 4.69) is 28.3 Å². The van der Waals surface area contributed by atoms with Crippen molar-refractivity contribution in [3.05, 3.63) is 52.0 Å². The van der Waals surface area contributed by atoms with Gasteiger partial charge in [-0.2, -0.15) is 0 Å². The number of hydrogen-bond acceptors (Lipinski definition) is 7. The molecule has 4 aromatic heterocycles. The number of nitrogens with zero attached hydrogens (tertiary/aromatic N) is 3. The average molecular weight is 422 g/mol. The van der Waals surface area contributed by atoms with Gasteiger partial charge in [-0.05, 0) is 48.9 Å². The van der Waals surface area contributed by atoms with E-state index >= 15 is 0 Å². The van der Waals surface area contributed by atoms with Gasteiger partial charge in [0.05, 0.1) is 11.4 Å². The van der Waals surface area contributed by atoms with Crippen molar-refractivity contribution in [1.29, 1.82) is 0 Å². The Balaban J connectivity index is 1.43. The maximum atomic E-state index is 12.9. The summed E-state index contributed by atoms with van der Waals surface area (Å²) in [4.78, 5) is 27.7. The molecular formula is C21H19N5OS2. The van der Waals surface area contributed by atoms with Gasteiger partial charge in [0.25, 0.3) is 5.91 Å². The molecule has 1 aliphatic rings. The van der Waals surface area contributed by atoms with Crippen LogP contribution in [0.15, 0.2) is 35.8 Å². The predicted molar refractivity (Wildman–Crippen MR) is 119 cm³/mol. The standard InChI is InChI=1S/C21H19N5OS2/c1-11-5-6-14-12(8-11)9-13-17(22)18(29-20(13)24-14)19(27)26-21-25-16(10-28-21)15-4-2-3-7-23-15/h2-4,7,9-11H,5-6,8,22H2,1H3,(H,25,26,27). The Morgan fingerprint density at radius 2 is 2.17 bits per heavy atom. The summed E-state index contributed by atoms with van der Waals surface area (Å²) in [6.07, 6.45) is 4.88. The molecule has 0 radical (unpaired) electrons. The predicted octanol–water partition coefficient (Wildman–Crippen LogP) is 4.77. The number of thiophene rings is 1. The van der Waals surface area contributed by atoms with Crippen molar-refractivity contribution in [3.63, 3.8) is 0 Å². The number of carbonyl (C=O) groups excluding carboxylic acids is 1. The fourth-order valence-electron chi connectivity index (χ4n) is 3.66. The van der Waals surface area contributed by atoms with Crippen LogP contribution in [0.3, 0.4) is 0 Å². The molecule has 0 saturated heterocycles. The lowest BCUT2D eigenvalue weighted by molar-refractivity contribution is 0.103. The van der Waals surface area contributed by atoms with E-state index in [-0.39, 0.29) is 5.91 Å². The minimum Gasteiger partial charge on any atom is -0.397 e. The molecule has 1 unspecified atom stereocenters. The zero-order chi connectivity index (χ0) is 20.0. The van der Waals surface area contributed by atoms with Gasteiger partial charge in [-0.1, -0.05) is 13.0 Å². The Labute approximate surface area is 175 Å². The summed E-state index contributed by atoms with van der Waals surface area (Å²) in [6, 6.07) is 7.78. The quantitative estimate of drug-likeness (QED) is 0.497. The minimum absolute atomic E-state index is 0.251. The second-order valence-electron chi connectivity index (χ2n) is 7.35. The number of nitrogen functional groups attached to an aromatic ring is 1. The van der Waals surface area contributed by atoms with Crippen molar-refractivity contribution < 1.29 is 4.79 Å². The summed E-state index contributed by atoms with van der Waals surface area (Å²) in [7, 11) is 0. The first-order chi connectivity index (χ1) is 14.1. The zero-order valence-corrected chi connectivity index (χ0v) is 17.4. The van der Waals surface area contributed by atoms with Gasteiger partial charge in [-0.3, -0.25) is 15.1 Å². The highest BCUT2D eigenvalue weighted by Gasteiger charge is 2.22. The van der Waals surface area contributed by atoms with E-state index in [9.17, 15) is 4.79 Å². The monoisotopic (exact) mass is 421 g/mol. The number of nitrogens with one attached hydrogen (secondary N) is 1. The van der Waals surface area contributed by atoms with Crippen molar-refractivity contribution in [3.8, 4) is 11.4 Å². The molecule has 3 N–H and O–H groups in total. The van der Waals surface area contributed by atoms with Crippen molar-refractivity contribution in [2.24, 2.45) is 5.92 Å². The van der Waals surface area contributed by atoms with Gasteiger partial charge in [-0.15, -0.1) is 22.7 Å². The van der Waals surface area contributed by atoms with Crippen molar-refractivity contribution >= 4 is 49.6 Å². The third-order valence-corrected chi connectivity index (χ3v) is 7.06. The molecule has 5 rings (SSSR count). The average Bonchev–Trinajstić information content (AvgIpc) is 3.32. The first-order valence-corrected chi connectivity index (χ1v) is 11.2. The summed E-state index contributed by atoms with van der Waals surface area (Å²) in [6.45, 7) is 2.26. The Hall–Kier alpha value is -2.84. The van der Waals surface area contributed by atoms with Crippen LogP contribution in [0.25, 0.3) is 21.6 Å². The van der Waals surface area contributed by atoms with Crippen LogP contribution >= 0.6 is 22.7 Å². The Bertz CT molecular complexity index is 1210. The van der Waals surface area contributed by atoms with E-state index in [1.54, 1.807) is 6.20 Å². The number of amides is 1. The van der Waals surface area contributed by atoms with E-state index in [4.69, 9.17) is 10.7 Å². The highest BCUT2D eigenvalue weighted by atomic mass is 32.1. The maximum absolute atomic E-state index is 12.9. The third-order valence-electron chi connectivity index (χ3n) is 5.19. The summed E-state index contributed by atoms with van der Waals surface area (Å²) in [5.74, 6) is 0.404. The number of aromatic nitrogens is 3. The number of rotatable bonds is 3. The van der Waals surface area contributed by atoms with Crippen LogP contribution in [0.2, 0.25) is 0 Å². The number of pyridine rings is 2. The molecule has 0 aromatic carbocycles. The number of aryl methyl sites for hydroxylation is 1. The summed E-state index contributed by atoms with van der Waals surface area (Å²) < 4.78 is 0. The topological polar surface area (TPSA) is 93.8 Å². The summed E-state index contributed by atoms with van der Waals surface area (Å²) in [5, 5.41) is 6.15. The molecule has 1 aliphatic carbocycles. The van der Waals surface area contributed by atoms with E-state index < -0.39 is 0 Å².